The number of halogens is 2. The van der Waals surface area contributed by atoms with Gasteiger partial charge in [-0.15, -0.1) is 11.8 Å². The number of para-hydroxylation sites is 2. The highest BCUT2D eigenvalue weighted by molar-refractivity contribution is 7.98. The monoisotopic (exact) mass is 665 g/mol. The van der Waals surface area contributed by atoms with Gasteiger partial charge < -0.3 is 15.0 Å². The molecule has 0 aromatic heterocycles. The van der Waals surface area contributed by atoms with Crippen molar-refractivity contribution in [3.63, 3.8) is 0 Å². The smallest absolute Gasteiger partial charge is 0.264 e. The number of amides is 2. The topological polar surface area (TPSA) is 96.0 Å². The normalized spacial score (nSPS) is 12.7. The fraction of sp³-hybridized carbons (Fsp3) is 0.355. The van der Waals surface area contributed by atoms with Crippen LogP contribution in [0.4, 0.5) is 5.69 Å². The van der Waals surface area contributed by atoms with Gasteiger partial charge in [-0.2, -0.15) is 0 Å². The third-order valence-electron chi connectivity index (χ3n) is 6.87. The van der Waals surface area contributed by atoms with Gasteiger partial charge in [0.2, 0.25) is 11.8 Å². The summed E-state index contributed by atoms with van der Waals surface area (Å²) >= 11 is 13.8. The molecule has 12 heteroatoms. The standard InChI is InChI=1S/C31H37Cl2N3O5S2/c1-6-21(3)34-31(38)22(4)35(19-23-12-17-26(32)27(33)18-23)30(37)20-36(28-10-8-9-11-29(28)41-7-2)43(39,40)25-15-13-24(42-5)14-16-25/h8-18,21-22H,6-7,19-20H2,1-5H3,(H,34,38)/t21-,22+/m1/s1. The average Bonchev–Trinajstić information content (AvgIpc) is 3.00. The van der Waals surface area contributed by atoms with Crippen molar-refractivity contribution >= 4 is 62.5 Å². The maximum absolute atomic E-state index is 14.2. The summed E-state index contributed by atoms with van der Waals surface area (Å²) in [7, 11) is -4.25. The highest BCUT2D eigenvalue weighted by atomic mass is 35.5. The number of sulfonamides is 1. The molecule has 43 heavy (non-hydrogen) atoms. The Morgan fingerprint density at radius 3 is 2.26 bits per heavy atom. The summed E-state index contributed by atoms with van der Waals surface area (Å²) in [5.41, 5.74) is 0.834. The van der Waals surface area contributed by atoms with Crippen molar-refractivity contribution in [2.45, 2.75) is 62.5 Å². The van der Waals surface area contributed by atoms with E-state index in [1.807, 2.05) is 20.1 Å². The molecule has 0 spiro atoms. The number of hydrogen-bond acceptors (Lipinski definition) is 6. The molecule has 0 aliphatic heterocycles. The van der Waals surface area contributed by atoms with Gasteiger partial charge in [-0.1, -0.05) is 48.3 Å². The summed E-state index contributed by atoms with van der Waals surface area (Å²) in [6.07, 6.45) is 2.60. The van der Waals surface area contributed by atoms with Crippen LogP contribution in [0, 0.1) is 0 Å². The molecule has 0 unspecified atom stereocenters. The van der Waals surface area contributed by atoms with Gasteiger partial charge in [0.1, 0.15) is 18.3 Å². The summed E-state index contributed by atoms with van der Waals surface area (Å²) in [5, 5.41) is 3.56. The maximum Gasteiger partial charge on any atom is 0.264 e. The fourth-order valence-electron chi connectivity index (χ4n) is 4.21. The first-order valence-corrected chi connectivity index (χ1v) is 17.3. The number of ether oxygens (including phenoxy) is 1. The molecular formula is C31H37Cl2N3O5S2. The Kier molecular flexibility index (Phi) is 12.6. The molecule has 2 atom stereocenters. The minimum Gasteiger partial charge on any atom is -0.492 e. The van der Waals surface area contributed by atoms with E-state index in [2.05, 4.69) is 5.32 Å². The first-order valence-electron chi connectivity index (χ1n) is 13.8. The molecule has 0 fully saturated rings. The Hall–Kier alpha value is -2.92. The van der Waals surface area contributed by atoms with Gasteiger partial charge in [-0.05, 0) is 87.5 Å². The minimum absolute atomic E-state index is 0.00572. The number of benzene rings is 3. The number of carbonyl (C=O) groups is 2. The number of thioether (sulfide) groups is 1. The Morgan fingerprint density at radius 2 is 1.65 bits per heavy atom. The van der Waals surface area contributed by atoms with Gasteiger partial charge in [0.15, 0.2) is 0 Å². The summed E-state index contributed by atoms with van der Waals surface area (Å²) in [6, 6.07) is 17.0. The van der Waals surface area contributed by atoms with E-state index in [4.69, 9.17) is 27.9 Å². The van der Waals surface area contributed by atoms with Crippen molar-refractivity contribution in [2.75, 3.05) is 23.7 Å². The Morgan fingerprint density at radius 1 is 0.977 bits per heavy atom. The maximum atomic E-state index is 14.2. The molecule has 3 aromatic carbocycles. The highest BCUT2D eigenvalue weighted by Crippen LogP contribution is 2.33. The predicted molar refractivity (Wildman–Crippen MR) is 175 cm³/mol. The number of anilines is 1. The molecule has 0 saturated heterocycles. The highest BCUT2D eigenvalue weighted by Gasteiger charge is 2.34. The SMILES string of the molecule is CCOc1ccccc1N(CC(=O)N(Cc1ccc(Cl)c(Cl)c1)[C@@H](C)C(=O)N[C@H](C)CC)S(=O)(=O)c1ccc(SC)cc1. The van der Waals surface area contributed by atoms with Crippen LogP contribution >= 0.6 is 35.0 Å². The number of nitrogens with zero attached hydrogens (tertiary/aromatic N) is 2. The van der Waals surface area contributed by atoms with E-state index < -0.39 is 28.5 Å². The molecular weight excluding hydrogens is 629 g/mol. The molecule has 0 bridgehead atoms. The zero-order chi connectivity index (χ0) is 31.7. The largest absolute Gasteiger partial charge is 0.492 e. The van der Waals surface area contributed by atoms with Crippen LogP contribution in [0.15, 0.2) is 76.5 Å². The summed E-state index contributed by atoms with van der Waals surface area (Å²) < 4.78 is 35.1. The molecule has 0 aliphatic rings. The molecule has 0 radical (unpaired) electrons. The fourth-order valence-corrected chi connectivity index (χ4v) is 6.37. The first-order chi connectivity index (χ1) is 20.4. The first kappa shape index (κ1) is 34.6. The molecule has 0 aliphatic carbocycles. The second-order valence-electron chi connectivity index (χ2n) is 9.85. The molecule has 0 saturated carbocycles. The van der Waals surface area contributed by atoms with Crippen LogP contribution in [-0.2, 0) is 26.2 Å². The predicted octanol–water partition coefficient (Wildman–Crippen LogP) is 6.64. The van der Waals surface area contributed by atoms with E-state index >= 15 is 0 Å². The third-order valence-corrected chi connectivity index (χ3v) is 10.1. The second-order valence-corrected chi connectivity index (χ2v) is 13.4. The van der Waals surface area contributed by atoms with Gasteiger partial charge in [-0.25, -0.2) is 8.42 Å². The lowest BCUT2D eigenvalue weighted by Gasteiger charge is -2.33. The van der Waals surface area contributed by atoms with Gasteiger partial charge in [0.05, 0.1) is 27.2 Å². The van der Waals surface area contributed by atoms with Crippen molar-refractivity contribution in [3.05, 3.63) is 82.3 Å². The van der Waals surface area contributed by atoms with Crippen LogP contribution in [0.2, 0.25) is 10.0 Å². The molecule has 3 rings (SSSR count). The van der Waals surface area contributed by atoms with Crippen molar-refractivity contribution in [1.82, 2.24) is 10.2 Å². The molecule has 3 aromatic rings. The Balaban J connectivity index is 2.09. The van der Waals surface area contributed by atoms with Crippen molar-refractivity contribution in [2.24, 2.45) is 0 Å². The lowest BCUT2D eigenvalue weighted by molar-refractivity contribution is -0.139. The van der Waals surface area contributed by atoms with E-state index in [1.54, 1.807) is 68.4 Å². The Bertz CT molecular complexity index is 1520. The zero-order valence-electron chi connectivity index (χ0n) is 24.8. The van der Waals surface area contributed by atoms with Crippen LogP contribution in [0.5, 0.6) is 5.75 Å². The van der Waals surface area contributed by atoms with Gasteiger partial charge in [-0.3, -0.25) is 13.9 Å². The molecule has 0 heterocycles. The van der Waals surface area contributed by atoms with Crippen molar-refractivity contribution in [1.29, 1.82) is 0 Å². The van der Waals surface area contributed by atoms with E-state index in [0.717, 1.165) is 9.20 Å². The van der Waals surface area contributed by atoms with Gasteiger partial charge in [0.25, 0.3) is 10.0 Å². The van der Waals surface area contributed by atoms with E-state index in [1.165, 1.54) is 28.8 Å². The van der Waals surface area contributed by atoms with Crippen LogP contribution in [0.25, 0.3) is 0 Å². The molecule has 1 N–H and O–H groups in total. The van der Waals surface area contributed by atoms with Crippen molar-refractivity contribution in [3.8, 4) is 5.75 Å². The lowest BCUT2D eigenvalue weighted by atomic mass is 10.1. The zero-order valence-corrected chi connectivity index (χ0v) is 28.0. The van der Waals surface area contributed by atoms with E-state index in [0.29, 0.717) is 27.8 Å². The summed E-state index contributed by atoms with van der Waals surface area (Å²) in [6.45, 7) is 6.92. The number of nitrogens with one attached hydrogen (secondary N) is 1. The lowest BCUT2D eigenvalue weighted by Crippen LogP contribution is -2.52. The van der Waals surface area contributed by atoms with E-state index in [-0.39, 0.29) is 35.7 Å². The summed E-state index contributed by atoms with van der Waals surface area (Å²) in [5.74, 6) is -0.645. The van der Waals surface area contributed by atoms with Crippen LogP contribution in [-0.4, -0.2) is 56.6 Å². The quantitative estimate of drug-likeness (QED) is 0.194. The number of hydrogen-bond donors (Lipinski definition) is 1. The second kappa shape index (κ2) is 15.7. The van der Waals surface area contributed by atoms with Gasteiger partial charge >= 0.3 is 0 Å². The number of carbonyl (C=O) groups excluding carboxylic acids is 2. The third kappa shape index (κ3) is 8.81. The minimum atomic E-state index is -4.25. The number of rotatable bonds is 14. The van der Waals surface area contributed by atoms with Gasteiger partial charge in [0, 0.05) is 17.5 Å². The van der Waals surface area contributed by atoms with Crippen LogP contribution in [0.1, 0.15) is 39.7 Å². The summed E-state index contributed by atoms with van der Waals surface area (Å²) in [4.78, 5) is 29.7. The van der Waals surface area contributed by atoms with Crippen LogP contribution < -0.4 is 14.4 Å². The molecule has 8 nitrogen and oxygen atoms in total. The average molecular weight is 667 g/mol. The van der Waals surface area contributed by atoms with Crippen molar-refractivity contribution < 1.29 is 22.7 Å². The Labute approximate surface area is 268 Å². The van der Waals surface area contributed by atoms with Crippen LogP contribution in [0.3, 0.4) is 0 Å². The molecule has 2 amide bonds. The van der Waals surface area contributed by atoms with E-state index in [9.17, 15) is 18.0 Å². The molecule has 232 valence electrons.